The van der Waals surface area contributed by atoms with Gasteiger partial charge in [-0.05, 0) is 36.9 Å². The second-order valence-electron chi connectivity index (χ2n) is 6.02. The Kier molecular flexibility index (Phi) is 4.44. The van der Waals surface area contributed by atoms with Gasteiger partial charge in [0.2, 0.25) is 5.91 Å². The molecule has 2 aliphatic rings. The molecule has 1 aromatic heterocycles. The number of amides is 2. The van der Waals surface area contributed by atoms with Gasteiger partial charge in [-0.3, -0.25) is 9.59 Å². The van der Waals surface area contributed by atoms with E-state index in [1.54, 1.807) is 19.4 Å². The number of rotatable bonds is 4. The van der Waals surface area contributed by atoms with Gasteiger partial charge in [0.15, 0.2) is 0 Å². The van der Waals surface area contributed by atoms with E-state index in [9.17, 15) is 9.59 Å². The smallest absolute Gasteiger partial charge is 0.265 e. The fraction of sp³-hybridized carbons (Fsp3) is 0.667. The van der Waals surface area contributed by atoms with E-state index >= 15 is 0 Å². The molecule has 0 radical (unpaired) electrons. The molecule has 2 fully saturated rings. The predicted molar refractivity (Wildman–Crippen MR) is 82.8 cm³/mol. The van der Waals surface area contributed by atoms with Gasteiger partial charge in [0, 0.05) is 39.5 Å². The van der Waals surface area contributed by atoms with Crippen molar-refractivity contribution in [1.82, 2.24) is 14.2 Å². The van der Waals surface area contributed by atoms with Crippen LogP contribution in [0.2, 0.25) is 0 Å². The molecule has 0 N–H and O–H groups in total. The van der Waals surface area contributed by atoms with Crippen LogP contribution in [0.15, 0.2) is 12.3 Å². The topological polar surface area (TPSA) is 62.7 Å². The van der Waals surface area contributed by atoms with Crippen LogP contribution in [-0.4, -0.2) is 65.9 Å². The monoisotopic (exact) mass is 323 g/mol. The summed E-state index contributed by atoms with van der Waals surface area (Å²) < 4.78 is 9.07. The summed E-state index contributed by atoms with van der Waals surface area (Å²) in [5.74, 6) is 0.191. The van der Waals surface area contributed by atoms with Gasteiger partial charge in [0.25, 0.3) is 5.91 Å². The minimum atomic E-state index is -0.383. The van der Waals surface area contributed by atoms with Crippen molar-refractivity contribution < 1.29 is 14.3 Å². The van der Waals surface area contributed by atoms with Crippen LogP contribution < -0.4 is 0 Å². The van der Waals surface area contributed by atoms with Crippen molar-refractivity contribution in [1.29, 1.82) is 0 Å². The maximum Gasteiger partial charge on any atom is 0.265 e. The summed E-state index contributed by atoms with van der Waals surface area (Å²) in [4.78, 5) is 29.6. The van der Waals surface area contributed by atoms with Crippen LogP contribution in [0.5, 0.6) is 0 Å². The van der Waals surface area contributed by atoms with Gasteiger partial charge in [-0.25, -0.2) is 4.37 Å². The van der Waals surface area contributed by atoms with E-state index in [0.717, 1.165) is 25.8 Å². The molecule has 2 saturated heterocycles. The van der Waals surface area contributed by atoms with Gasteiger partial charge in [0.1, 0.15) is 4.88 Å². The van der Waals surface area contributed by atoms with Gasteiger partial charge in [0.05, 0.1) is 12.0 Å². The van der Waals surface area contributed by atoms with E-state index in [-0.39, 0.29) is 17.2 Å². The fourth-order valence-corrected chi connectivity index (χ4v) is 4.04. The van der Waals surface area contributed by atoms with Crippen LogP contribution in [-0.2, 0) is 9.53 Å². The third-order valence-corrected chi connectivity index (χ3v) is 5.41. The van der Waals surface area contributed by atoms with Crippen LogP contribution in [0, 0.1) is 5.41 Å². The Morgan fingerprint density at radius 3 is 3.05 bits per heavy atom. The summed E-state index contributed by atoms with van der Waals surface area (Å²) >= 11 is 1.21. The van der Waals surface area contributed by atoms with Gasteiger partial charge in [-0.1, -0.05) is 0 Å². The molecule has 22 heavy (non-hydrogen) atoms. The standard InChI is InChI=1S/C15H21N3O3S/c1-21-10-9-17-7-2-4-15(14(17)20)5-8-18(11-15)13(19)12-3-6-16-22-12/h3,6H,2,4-5,7-11H2,1H3/t15-/m0/s1. The minimum absolute atomic E-state index is 0.00110. The Balaban J connectivity index is 1.69. The highest BCUT2D eigenvalue weighted by molar-refractivity contribution is 7.08. The van der Waals surface area contributed by atoms with Crippen molar-refractivity contribution >= 4 is 23.3 Å². The molecule has 3 rings (SSSR count). The number of hydrogen-bond donors (Lipinski definition) is 0. The van der Waals surface area contributed by atoms with E-state index in [2.05, 4.69) is 4.37 Å². The summed E-state index contributed by atoms with van der Waals surface area (Å²) in [7, 11) is 1.65. The molecule has 0 saturated carbocycles. The molecule has 0 unspecified atom stereocenters. The molecule has 2 amide bonds. The summed E-state index contributed by atoms with van der Waals surface area (Å²) in [6, 6.07) is 1.74. The molecule has 0 aromatic carbocycles. The highest BCUT2D eigenvalue weighted by Crippen LogP contribution is 2.40. The fourth-order valence-electron chi connectivity index (χ4n) is 3.47. The normalized spacial score (nSPS) is 25.2. The number of ether oxygens (including phenoxy) is 1. The number of likely N-dealkylation sites (tertiary alicyclic amines) is 2. The SMILES string of the molecule is COCCN1CCC[C@@]2(CCN(C(=O)c3ccns3)C2)C1=O. The lowest BCUT2D eigenvalue weighted by Gasteiger charge is -2.39. The zero-order valence-corrected chi connectivity index (χ0v) is 13.6. The lowest BCUT2D eigenvalue weighted by atomic mass is 9.78. The minimum Gasteiger partial charge on any atom is -0.383 e. The van der Waals surface area contributed by atoms with E-state index in [0.29, 0.717) is 31.1 Å². The zero-order valence-electron chi connectivity index (χ0n) is 12.8. The van der Waals surface area contributed by atoms with E-state index in [1.807, 2.05) is 9.80 Å². The van der Waals surface area contributed by atoms with Crippen molar-refractivity contribution in [2.75, 3.05) is 39.9 Å². The van der Waals surface area contributed by atoms with E-state index in [1.165, 1.54) is 11.5 Å². The highest BCUT2D eigenvalue weighted by Gasteiger charge is 2.49. The van der Waals surface area contributed by atoms with Crippen LogP contribution in [0.4, 0.5) is 0 Å². The van der Waals surface area contributed by atoms with Crippen molar-refractivity contribution in [2.24, 2.45) is 5.41 Å². The first-order valence-electron chi connectivity index (χ1n) is 7.64. The molecule has 1 aromatic rings. The first kappa shape index (κ1) is 15.4. The van der Waals surface area contributed by atoms with E-state index in [4.69, 9.17) is 4.74 Å². The molecule has 3 heterocycles. The molecular formula is C15H21N3O3S. The van der Waals surface area contributed by atoms with Crippen LogP contribution >= 0.6 is 11.5 Å². The molecule has 1 atom stereocenters. The van der Waals surface area contributed by atoms with Crippen molar-refractivity contribution in [3.63, 3.8) is 0 Å². The number of nitrogens with zero attached hydrogens (tertiary/aromatic N) is 3. The summed E-state index contributed by atoms with van der Waals surface area (Å²) in [6.07, 6.45) is 4.28. The Morgan fingerprint density at radius 2 is 2.32 bits per heavy atom. The quantitative estimate of drug-likeness (QED) is 0.836. The number of hydrogen-bond acceptors (Lipinski definition) is 5. The molecule has 0 aliphatic carbocycles. The molecule has 1 spiro atoms. The molecule has 7 heteroatoms. The average molecular weight is 323 g/mol. The number of carbonyl (C=O) groups excluding carboxylic acids is 2. The summed E-state index contributed by atoms with van der Waals surface area (Å²) in [5.41, 5.74) is -0.383. The second-order valence-corrected chi connectivity index (χ2v) is 6.86. The Labute approximate surface area is 134 Å². The lowest BCUT2D eigenvalue weighted by molar-refractivity contribution is -0.146. The highest BCUT2D eigenvalue weighted by atomic mass is 32.1. The first-order valence-corrected chi connectivity index (χ1v) is 8.42. The Morgan fingerprint density at radius 1 is 1.45 bits per heavy atom. The maximum atomic E-state index is 12.8. The molecule has 6 nitrogen and oxygen atoms in total. The van der Waals surface area contributed by atoms with Crippen LogP contribution in [0.25, 0.3) is 0 Å². The van der Waals surface area contributed by atoms with Gasteiger partial charge in [-0.15, -0.1) is 0 Å². The predicted octanol–water partition coefficient (Wildman–Crippen LogP) is 1.24. The third kappa shape index (κ3) is 2.75. The molecule has 0 bridgehead atoms. The van der Waals surface area contributed by atoms with Crippen molar-refractivity contribution in [3.8, 4) is 0 Å². The number of carbonyl (C=O) groups is 2. The maximum absolute atomic E-state index is 12.8. The van der Waals surface area contributed by atoms with Crippen LogP contribution in [0.3, 0.4) is 0 Å². The van der Waals surface area contributed by atoms with Gasteiger partial charge in [-0.2, -0.15) is 0 Å². The molecule has 2 aliphatic heterocycles. The average Bonchev–Trinajstić information content (AvgIpc) is 3.19. The third-order valence-electron chi connectivity index (χ3n) is 4.68. The summed E-state index contributed by atoms with van der Waals surface area (Å²) in [6.45, 7) is 3.19. The van der Waals surface area contributed by atoms with Crippen molar-refractivity contribution in [2.45, 2.75) is 19.3 Å². The number of piperidine rings is 1. The van der Waals surface area contributed by atoms with Gasteiger partial charge >= 0.3 is 0 Å². The first-order chi connectivity index (χ1) is 10.7. The van der Waals surface area contributed by atoms with Crippen molar-refractivity contribution in [3.05, 3.63) is 17.1 Å². The largest absolute Gasteiger partial charge is 0.383 e. The number of aromatic nitrogens is 1. The van der Waals surface area contributed by atoms with E-state index < -0.39 is 0 Å². The zero-order chi connectivity index (χ0) is 15.6. The Hall–Kier alpha value is -1.47. The summed E-state index contributed by atoms with van der Waals surface area (Å²) in [5, 5.41) is 0. The lowest BCUT2D eigenvalue weighted by Crippen LogP contribution is -2.51. The Bertz CT molecular complexity index is 548. The van der Waals surface area contributed by atoms with Gasteiger partial charge < -0.3 is 14.5 Å². The number of methoxy groups -OCH3 is 1. The molecule has 120 valence electrons. The van der Waals surface area contributed by atoms with Crippen LogP contribution in [0.1, 0.15) is 28.9 Å². The molecular weight excluding hydrogens is 302 g/mol. The second kappa shape index (κ2) is 6.34.